The lowest BCUT2D eigenvalue weighted by atomic mass is 9.66. The highest BCUT2D eigenvalue weighted by molar-refractivity contribution is 5.78. The van der Waals surface area contributed by atoms with E-state index in [-0.39, 0.29) is 11.4 Å². The summed E-state index contributed by atoms with van der Waals surface area (Å²) in [5.41, 5.74) is 0.618. The second-order valence-electron chi connectivity index (χ2n) is 9.23. The molecule has 0 atom stereocenters. The summed E-state index contributed by atoms with van der Waals surface area (Å²) in [5, 5.41) is 3.21. The van der Waals surface area contributed by atoms with Gasteiger partial charge in [0.15, 0.2) is 0 Å². The van der Waals surface area contributed by atoms with Gasteiger partial charge in [-0.1, -0.05) is 20.8 Å². The first-order valence-corrected chi connectivity index (χ1v) is 8.82. The Balaban J connectivity index is 1.65. The van der Waals surface area contributed by atoms with Gasteiger partial charge in [0.05, 0.1) is 6.54 Å². The van der Waals surface area contributed by atoms with Crippen molar-refractivity contribution in [2.75, 3.05) is 32.7 Å². The van der Waals surface area contributed by atoms with Crippen LogP contribution in [0.5, 0.6) is 0 Å². The molecule has 1 N–H and O–H groups in total. The largest absolute Gasteiger partial charge is 0.352 e. The van der Waals surface area contributed by atoms with E-state index in [1.807, 2.05) is 0 Å². The summed E-state index contributed by atoms with van der Waals surface area (Å²) in [4.78, 5) is 17.0. The quantitative estimate of drug-likeness (QED) is 0.869. The maximum absolute atomic E-state index is 12.2. The molecule has 1 saturated carbocycles. The second kappa shape index (κ2) is 6.48. The topological polar surface area (TPSA) is 35.6 Å². The molecule has 4 heteroatoms. The Hall–Kier alpha value is -0.610. The highest BCUT2D eigenvalue weighted by Gasteiger charge is 2.38. The molecule has 0 unspecified atom stereocenters. The van der Waals surface area contributed by atoms with Gasteiger partial charge in [-0.05, 0) is 44.9 Å². The van der Waals surface area contributed by atoms with Crippen LogP contribution in [0.25, 0.3) is 0 Å². The Morgan fingerprint density at radius 3 is 2.00 bits per heavy atom. The molecule has 2 fully saturated rings. The van der Waals surface area contributed by atoms with E-state index < -0.39 is 0 Å². The average Bonchev–Trinajstić information content (AvgIpc) is 2.31. The number of nitrogens with one attached hydrogen (secondary N) is 1. The standard InChI is InChI=1S/C18H35N3O/c1-17(2,3)14-11-15(12-14)19-16(22)13-20-7-9-21(10-8-20)18(4,5)6/h14-15H,7-13H2,1-6H3,(H,19,22). The van der Waals surface area contributed by atoms with Crippen LogP contribution in [0, 0.1) is 11.3 Å². The number of hydrogen-bond acceptors (Lipinski definition) is 3. The van der Waals surface area contributed by atoms with Gasteiger partial charge in [0.1, 0.15) is 0 Å². The zero-order valence-corrected chi connectivity index (χ0v) is 15.4. The van der Waals surface area contributed by atoms with Crippen LogP contribution in [-0.2, 0) is 4.79 Å². The minimum atomic E-state index is 0.210. The summed E-state index contributed by atoms with van der Waals surface area (Å²) in [6.45, 7) is 18.4. The molecule has 1 saturated heterocycles. The van der Waals surface area contributed by atoms with E-state index in [1.165, 1.54) is 0 Å². The van der Waals surface area contributed by atoms with Gasteiger partial charge in [0.25, 0.3) is 0 Å². The SMILES string of the molecule is CC(C)(C)C1CC(NC(=O)CN2CCN(C(C)(C)C)CC2)C1. The zero-order chi connectivity index (χ0) is 16.5. The van der Waals surface area contributed by atoms with Crippen molar-refractivity contribution in [3.63, 3.8) is 0 Å². The fraction of sp³-hybridized carbons (Fsp3) is 0.944. The molecule has 1 amide bonds. The van der Waals surface area contributed by atoms with Crippen LogP contribution in [0.1, 0.15) is 54.4 Å². The van der Waals surface area contributed by atoms with Gasteiger partial charge in [-0.15, -0.1) is 0 Å². The van der Waals surface area contributed by atoms with Gasteiger partial charge < -0.3 is 5.32 Å². The minimum Gasteiger partial charge on any atom is -0.352 e. The average molecular weight is 309 g/mol. The van der Waals surface area contributed by atoms with Crippen LogP contribution in [0.15, 0.2) is 0 Å². The molecule has 1 aliphatic carbocycles. The molecule has 2 aliphatic rings. The molecule has 0 aromatic heterocycles. The highest BCUT2D eigenvalue weighted by atomic mass is 16.2. The van der Waals surface area contributed by atoms with Crippen LogP contribution in [0.2, 0.25) is 0 Å². The van der Waals surface area contributed by atoms with E-state index in [9.17, 15) is 4.79 Å². The molecular formula is C18H35N3O. The van der Waals surface area contributed by atoms with Crippen molar-refractivity contribution in [1.82, 2.24) is 15.1 Å². The fourth-order valence-corrected chi connectivity index (χ4v) is 3.50. The lowest BCUT2D eigenvalue weighted by Gasteiger charge is -2.44. The number of rotatable bonds is 3. The number of carbonyl (C=O) groups excluding carboxylic acids is 1. The summed E-state index contributed by atoms with van der Waals surface area (Å²) >= 11 is 0. The number of piperazine rings is 1. The predicted octanol–water partition coefficient (Wildman–Crippen LogP) is 2.34. The van der Waals surface area contributed by atoms with Crippen LogP contribution < -0.4 is 5.32 Å². The molecule has 0 aromatic rings. The van der Waals surface area contributed by atoms with Crippen molar-refractivity contribution in [2.45, 2.75) is 66.0 Å². The van der Waals surface area contributed by atoms with E-state index >= 15 is 0 Å². The van der Waals surface area contributed by atoms with E-state index in [1.54, 1.807) is 0 Å². The Morgan fingerprint density at radius 2 is 1.55 bits per heavy atom. The minimum absolute atomic E-state index is 0.210. The highest BCUT2D eigenvalue weighted by Crippen LogP contribution is 2.41. The Bertz CT molecular complexity index is 380. The van der Waals surface area contributed by atoms with Crippen molar-refractivity contribution in [3.8, 4) is 0 Å². The normalized spacial score (nSPS) is 28.3. The van der Waals surface area contributed by atoms with Crippen LogP contribution in [-0.4, -0.2) is 60.0 Å². The zero-order valence-electron chi connectivity index (χ0n) is 15.4. The van der Waals surface area contributed by atoms with Crippen LogP contribution >= 0.6 is 0 Å². The van der Waals surface area contributed by atoms with Gasteiger partial charge in [-0.25, -0.2) is 0 Å². The third kappa shape index (κ3) is 4.69. The van der Waals surface area contributed by atoms with Crippen molar-refractivity contribution >= 4 is 5.91 Å². The molecule has 0 radical (unpaired) electrons. The maximum Gasteiger partial charge on any atom is 0.234 e. The second-order valence-corrected chi connectivity index (χ2v) is 9.23. The van der Waals surface area contributed by atoms with E-state index in [4.69, 9.17) is 0 Å². The Morgan fingerprint density at radius 1 is 1.00 bits per heavy atom. The number of hydrogen-bond donors (Lipinski definition) is 1. The molecule has 128 valence electrons. The molecule has 0 aromatic carbocycles. The first kappa shape index (κ1) is 17.7. The van der Waals surface area contributed by atoms with Gasteiger partial charge in [-0.2, -0.15) is 0 Å². The third-order valence-corrected chi connectivity index (χ3v) is 5.42. The first-order valence-electron chi connectivity index (χ1n) is 8.82. The first-order chi connectivity index (χ1) is 10.1. The van der Waals surface area contributed by atoms with Crippen LogP contribution in [0.3, 0.4) is 0 Å². The Kier molecular flexibility index (Phi) is 5.23. The molecule has 0 bridgehead atoms. The smallest absolute Gasteiger partial charge is 0.234 e. The Labute approximate surface area is 136 Å². The third-order valence-electron chi connectivity index (χ3n) is 5.42. The molecule has 22 heavy (non-hydrogen) atoms. The molecule has 1 heterocycles. The van der Waals surface area contributed by atoms with Crippen molar-refractivity contribution < 1.29 is 4.79 Å². The maximum atomic E-state index is 12.2. The lowest BCUT2D eigenvalue weighted by molar-refractivity contribution is -0.124. The van der Waals surface area contributed by atoms with Crippen LogP contribution in [0.4, 0.5) is 0 Å². The summed E-state index contributed by atoms with van der Waals surface area (Å²) in [5.74, 6) is 0.967. The summed E-state index contributed by atoms with van der Waals surface area (Å²) in [7, 11) is 0. The fourth-order valence-electron chi connectivity index (χ4n) is 3.50. The predicted molar refractivity (Wildman–Crippen MR) is 91.9 cm³/mol. The molecule has 2 rings (SSSR count). The van der Waals surface area contributed by atoms with Gasteiger partial charge >= 0.3 is 0 Å². The van der Waals surface area contributed by atoms with Gasteiger partial charge in [0.2, 0.25) is 5.91 Å². The summed E-state index contributed by atoms with van der Waals surface area (Å²) in [6, 6.07) is 0.410. The number of amides is 1. The summed E-state index contributed by atoms with van der Waals surface area (Å²) < 4.78 is 0. The van der Waals surface area contributed by atoms with Gasteiger partial charge in [0, 0.05) is 37.8 Å². The van der Waals surface area contributed by atoms with Crippen molar-refractivity contribution in [3.05, 3.63) is 0 Å². The molecular weight excluding hydrogens is 274 g/mol. The van der Waals surface area contributed by atoms with E-state index in [2.05, 4.69) is 56.7 Å². The molecule has 1 aliphatic heterocycles. The lowest BCUT2D eigenvalue weighted by Crippen LogP contribution is -2.56. The van der Waals surface area contributed by atoms with Crippen molar-refractivity contribution in [2.24, 2.45) is 11.3 Å². The molecule has 4 nitrogen and oxygen atoms in total. The number of nitrogens with zero attached hydrogens (tertiary/aromatic N) is 2. The van der Waals surface area contributed by atoms with Gasteiger partial charge in [-0.3, -0.25) is 14.6 Å². The monoisotopic (exact) mass is 309 g/mol. The molecule has 0 spiro atoms. The van der Waals surface area contributed by atoms with E-state index in [0.717, 1.165) is 44.9 Å². The van der Waals surface area contributed by atoms with E-state index in [0.29, 0.717) is 18.0 Å². The van der Waals surface area contributed by atoms with Crippen molar-refractivity contribution in [1.29, 1.82) is 0 Å². The summed E-state index contributed by atoms with van der Waals surface area (Å²) in [6.07, 6.45) is 2.29. The number of carbonyl (C=O) groups is 1.